The van der Waals surface area contributed by atoms with Gasteiger partial charge < -0.3 is 0 Å². The van der Waals surface area contributed by atoms with E-state index in [9.17, 15) is 0 Å². The van der Waals surface area contributed by atoms with Gasteiger partial charge in [0.1, 0.15) is 0 Å². The van der Waals surface area contributed by atoms with Gasteiger partial charge in [0.2, 0.25) is 0 Å². The molecule has 128 valence electrons. The maximum absolute atomic E-state index is 2.31. The van der Waals surface area contributed by atoms with Gasteiger partial charge in [0.05, 0.1) is 0 Å². The van der Waals surface area contributed by atoms with Gasteiger partial charge >= 0.3 is 0 Å². The molecule has 5 aromatic rings. The van der Waals surface area contributed by atoms with Gasteiger partial charge in [-0.3, -0.25) is 0 Å². The number of fused-ring (bicyclic) bond motifs is 4. The van der Waals surface area contributed by atoms with E-state index in [0.29, 0.717) is 0 Å². The minimum atomic E-state index is 0. The van der Waals surface area contributed by atoms with Crippen LogP contribution >= 0.6 is 7.92 Å². The summed E-state index contributed by atoms with van der Waals surface area (Å²) in [6.45, 7) is 4.59. The van der Waals surface area contributed by atoms with Crippen LogP contribution in [0.5, 0.6) is 0 Å². The average molecular weight is 519 g/mol. The van der Waals surface area contributed by atoms with Gasteiger partial charge in [-0.25, -0.2) is 0 Å². The number of hydrogen-bond acceptors (Lipinski definition) is 0. The van der Waals surface area contributed by atoms with Crippen molar-refractivity contribution < 1.29 is 25.8 Å². The van der Waals surface area contributed by atoms with Crippen molar-refractivity contribution in [1.29, 1.82) is 0 Å². The minimum absolute atomic E-state index is 0. The van der Waals surface area contributed by atoms with Gasteiger partial charge in [0, 0.05) is 25.8 Å². The molecular weight excluding hydrogens is 498 g/mol. The molecule has 2 heteroatoms. The van der Waals surface area contributed by atoms with Gasteiger partial charge in [-0.15, -0.1) is 88.0 Å². The Labute approximate surface area is 175 Å². The van der Waals surface area contributed by atoms with Crippen molar-refractivity contribution in [3.63, 3.8) is 0 Å². The first kappa shape index (κ1) is 19.2. The van der Waals surface area contributed by atoms with Crippen LogP contribution in [-0.2, 0) is 25.8 Å². The summed E-state index contributed by atoms with van der Waals surface area (Å²) in [6.07, 6.45) is 0. The Morgan fingerprint density at radius 2 is 1.12 bits per heavy atom. The van der Waals surface area contributed by atoms with E-state index in [1.54, 1.807) is 0 Å². The maximum Gasteiger partial charge on any atom is 0 e. The van der Waals surface area contributed by atoms with E-state index in [4.69, 9.17) is 0 Å². The van der Waals surface area contributed by atoms with Crippen LogP contribution in [0.4, 0.5) is 0 Å². The molecule has 5 rings (SSSR count). The van der Waals surface area contributed by atoms with E-state index in [2.05, 4.69) is 104 Å². The molecule has 0 saturated heterocycles. The summed E-state index contributed by atoms with van der Waals surface area (Å²) in [5.41, 5.74) is 0. The van der Waals surface area contributed by atoms with Crippen molar-refractivity contribution in [2.24, 2.45) is 0 Å². The van der Waals surface area contributed by atoms with Crippen molar-refractivity contribution in [2.45, 2.75) is 0 Å². The molecule has 5 aromatic carbocycles. The molecule has 0 nitrogen and oxygen atoms in total. The molecule has 0 fully saturated rings. The van der Waals surface area contributed by atoms with Crippen molar-refractivity contribution >= 4 is 45.5 Å². The van der Waals surface area contributed by atoms with Crippen LogP contribution in [0.3, 0.4) is 0 Å². The molecule has 0 aliphatic carbocycles. The molecule has 0 saturated carbocycles. The zero-order chi connectivity index (χ0) is 17.2. The molecule has 0 bridgehead atoms. The van der Waals surface area contributed by atoms with Crippen molar-refractivity contribution in [2.75, 3.05) is 13.3 Å². The van der Waals surface area contributed by atoms with E-state index in [0.717, 1.165) is 0 Å². The van der Waals surface area contributed by atoms with Crippen LogP contribution in [0.1, 0.15) is 0 Å². The summed E-state index contributed by atoms with van der Waals surface area (Å²) in [6, 6.07) is 32.4. The second-order valence-corrected chi connectivity index (χ2v) is 8.86. The SMILES string of the molecule is CP(C)c1cc2ccccc2[cH-]1.[Hf].c1ccc2c(c1)[cH-]c1ccccc12. The molecule has 0 amide bonds. The van der Waals surface area contributed by atoms with Crippen molar-refractivity contribution in [3.05, 3.63) is 91.0 Å². The second kappa shape index (κ2) is 8.42. The molecule has 0 aliphatic rings. The quantitative estimate of drug-likeness (QED) is 0.133. The molecule has 0 spiro atoms. The largest absolute Gasteiger partial charge is 0.161 e. The minimum Gasteiger partial charge on any atom is -0.161 e. The van der Waals surface area contributed by atoms with Crippen LogP contribution < -0.4 is 5.30 Å². The average Bonchev–Trinajstić information content (AvgIpc) is 3.24. The van der Waals surface area contributed by atoms with Crippen LogP contribution in [-0.4, -0.2) is 13.3 Å². The van der Waals surface area contributed by atoms with E-state index in [1.165, 1.54) is 37.6 Å². The van der Waals surface area contributed by atoms with Gasteiger partial charge in [0.25, 0.3) is 0 Å². The van der Waals surface area contributed by atoms with Gasteiger partial charge in [-0.05, 0) is 13.3 Å². The Morgan fingerprint density at radius 1 is 0.615 bits per heavy atom. The van der Waals surface area contributed by atoms with E-state index in [-0.39, 0.29) is 33.8 Å². The fourth-order valence-corrected chi connectivity index (χ4v) is 4.09. The summed E-state index contributed by atoms with van der Waals surface area (Å²) in [4.78, 5) is 0. The maximum atomic E-state index is 2.31. The number of hydrogen-bond donors (Lipinski definition) is 0. The Hall–Kier alpha value is -1.56. The van der Waals surface area contributed by atoms with Crippen LogP contribution in [0.2, 0.25) is 0 Å². The first-order valence-electron chi connectivity index (χ1n) is 8.58. The molecule has 0 unspecified atom stereocenters. The Bertz CT molecular complexity index is 1050. The molecule has 0 radical (unpaired) electrons. The summed E-state index contributed by atoms with van der Waals surface area (Å²) >= 11 is 0. The van der Waals surface area contributed by atoms with Gasteiger partial charge in [0.15, 0.2) is 0 Å². The zero-order valence-electron chi connectivity index (χ0n) is 15.1. The van der Waals surface area contributed by atoms with Crippen molar-refractivity contribution in [1.82, 2.24) is 0 Å². The third kappa shape index (κ3) is 3.90. The summed E-state index contributed by atoms with van der Waals surface area (Å²) < 4.78 is 0. The Kier molecular flexibility index (Phi) is 6.22. The fourth-order valence-electron chi connectivity index (χ4n) is 3.30. The Balaban J connectivity index is 0.000000146. The van der Waals surface area contributed by atoms with E-state index in [1.807, 2.05) is 0 Å². The third-order valence-corrected chi connectivity index (χ3v) is 5.93. The van der Waals surface area contributed by atoms with Crippen LogP contribution in [0.15, 0.2) is 91.0 Å². The van der Waals surface area contributed by atoms with Crippen LogP contribution in [0.25, 0.3) is 32.3 Å². The van der Waals surface area contributed by atoms with Gasteiger partial charge in [-0.1, -0.05) is 42.5 Å². The monoisotopic (exact) mass is 520 g/mol. The first-order valence-corrected chi connectivity index (χ1v) is 10.8. The predicted octanol–water partition coefficient (Wildman–Crippen LogP) is 6.63. The second-order valence-electron chi connectivity index (χ2n) is 6.56. The normalized spacial score (nSPS) is 10.7. The molecule has 0 heterocycles. The van der Waals surface area contributed by atoms with E-state index >= 15 is 0 Å². The standard InChI is InChI=1S/C13H9.C11H12P.Hf/c1-3-7-12-10(5-1)9-11-6-2-4-8-13(11)12;1-12(2)11-7-9-5-3-4-6-10(9)8-11;/h1-9H;3-8H,1-2H3;/q2*-1;. The summed E-state index contributed by atoms with van der Waals surface area (Å²) in [5, 5.41) is 9.65. The molecule has 0 aromatic heterocycles. The Morgan fingerprint density at radius 3 is 1.65 bits per heavy atom. The topological polar surface area (TPSA) is 0 Å². The zero-order valence-corrected chi connectivity index (χ0v) is 19.6. The fraction of sp³-hybridized carbons (Fsp3) is 0.0833. The number of rotatable bonds is 1. The number of benzene rings is 3. The third-order valence-electron chi connectivity index (χ3n) is 4.64. The first-order chi connectivity index (χ1) is 12.2. The van der Waals surface area contributed by atoms with Crippen LogP contribution in [0, 0.1) is 0 Å². The summed E-state index contributed by atoms with van der Waals surface area (Å²) in [7, 11) is 0.0576. The molecule has 26 heavy (non-hydrogen) atoms. The van der Waals surface area contributed by atoms with Gasteiger partial charge in [-0.2, -0.15) is 6.07 Å². The van der Waals surface area contributed by atoms with E-state index < -0.39 is 0 Å². The molecular formula is C24H21HfP-2. The summed E-state index contributed by atoms with van der Waals surface area (Å²) in [5.74, 6) is 0. The molecule has 0 N–H and O–H groups in total. The van der Waals surface area contributed by atoms with Crippen molar-refractivity contribution in [3.8, 4) is 0 Å². The predicted molar refractivity (Wildman–Crippen MR) is 115 cm³/mol. The smallest absolute Gasteiger partial charge is 0 e. The molecule has 0 atom stereocenters. The molecule has 0 aliphatic heterocycles.